The SMILES string of the molecule is CC(C)Oc1cccc2c1CO[C@H]1CNC[C@@H]21.Cl. The van der Waals surface area contributed by atoms with E-state index in [1.807, 2.05) is 6.07 Å². The molecule has 1 aromatic rings. The zero-order chi connectivity index (χ0) is 11.8. The molecule has 1 aromatic carbocycles. The van der Waals surface area contributed by atoms with E-state index in [4.69, 9.17) is 9.47 Å². The van der Waals surface area contributed by atoms with Crippen molar-refractivity contribution in [3.8, 4) is 5.75 Å². The van der Waals surface area contributed by atoms with Gasteiger partial charge in [0.1, 0.15) is 5.75 Å². The van der Waals surface area contributed by atoms with Gasteiger partial charge < -0.3 is 14.8 Å². The summed E-state index contributed by atoms with van der Waals surface area (Å²) in [6.07, 6.45) is 0.553. The van der Waals surface area contributed by atoms with Crippen LogP contribution in [0.1, 0.15) is 30.9 Å². The highest BCUT2D eigenvalue weighted by Crippen LogP contribution is 2.38. The molecule has 0 spiro atoms. The van der Waals surface area contributed by atoms with Gasteiger partial charge in [0.05, 0.1) is 18.8 Å². The highest BCUT2D eigenvalue weighted by molar-refractivity contribution is 5.85. The monoisotopic (exact) mass is 269 g/mol. The third-order valence-corrected chi connectivity index (χ3v) is 3.53. The minimum absolute atomic E-state index is 0. The Kier molecular flexibility index (Phi) is 4.15. The van der Waals surface area contributed by atoms with E-state index >= 15 is 0 Å². The van der Waals surface area contributed by atoms with Gasteiger partial charge >= 0.3 is 0 Å². The molecule has 0 aliphatic carbocycles. The Balaban J connectivity index is 0.00000120. The van der Waals surface area contributed by atoms with Gasteiger partial charge in [-0.3, -0.25) is 0 Å². The van der Waals surface area contributed by atoms with E-state index in [1.165, 1.54) is 11.1 Å². The first-order chi connectivity index (χ1) is 8.25. The van der Waals surface area contributed by atoms with E-state index in [0.717, 1.165) is 18.8 Å². The summed E-state index contributed by atoms with van der Waals surface area (Å²) in [6, 6.07) is 6.36. The van der Waals surface area contributed by atoms with Crippen molar-refractivity contribution in [2.75, 3.05) is 13.1 Å². The van der Waals surface area contributed by atoms with Crippen LogP contribution in [0.15, 0.2) is 18.2 Å². The quantitative estimate of drug-likeness (QED) is 0.895. The van der Waals surface area contributed by atoms with Crippen molar-refractivity contribution in [2.24, 2.45) is 0 Å². The van der Waals surface area contributed by atoms with Gasteiger partial charge in [-0.2, -0.15) is 0 Å². The Morgan fingerprint density at radius 2 is 2.17 bits per heavy atom. The summed E-state index contributed by atoms with van der Waals surface area (Å²) in [5.74, 6) is 1.48. The summed E-state index contributed by atoms with van der Waals surface area (Å²) in [7, 11) is 0. The fourth-order valence-electron chi connectivity index (χ4n) is 2.78. The third-order valence-electron chi connectivity index (χ3n) is 3.53. The average molecular weight is 270 g/mol. The molecule has 2 heterocycles. The van der Waals surface area contributed by atoms with Crippen LogP contribution in [-0.4, -0.2) is 25.3 Å². The summed E-state index contributed by atoms with van der Waals surface area (Å²) >= 11 is 0. The van der Waals surface area contributed by atoms with Crippen molar-refractivity contribution in [1.29, 1.82) is 0 Å². The first-order valence-corrected chi connectivity index (χ1v) is 6.36. The highest BCUT2D eigenvalue weighted by Gasteiger charge is 2.35. The molecule has 1 N–H and O–H groups in total. The van der Waals surface area contributed by atoms with Crippen LogP contribution in [0.4, 0.5) is 0 Å². The molecule has 0 saturated carbocycles. The second-order valence-electron chi connectivity index (χ2n) is 5.10. The molecule has 0 amide bonds. The largest absolute Gasteiger partial charge is 0.491 e. The maximum absolute atomic E-state index is 5.91. The Labute approximate surface area is 114 Å². The maximum Gasteiger partial charge on any atom is 0.125 e. The lowest BCUT2D eigenvalue weighted by molar-refractivity contribution is 0.0277. The summed E-state index contributed by atoms with van der Waals surface area (Å²) in [4.78, 5) is 0. The van der Waals surface area contributed by atoms with E-state index in [2.05, 4.69) is 31.3 Å². The van der Waals surface area contributed by atoms with Gasteiger partial charge in [0.15, 0.2) is 0 Å². The molecular weight excluding hydrogens is 250 g/mol. The van der Waals surface area contributed by atoms with Crippen molar-refractivity contribution in [1.82, 2.24) is 5.32 Å². The van der Waals surface area contributed by atoms with E-state index in [-0.39, 0.29) is 18.5 Å². The smallest absolute Gasteiger partial charge is 0.125 e. The number of halogens is 1. The van der Waals surface area contributed by atoms with Crippen molar-refractivity contribution < 1.29 is 9.47 Å². The number of rotatable bonds is 2. The van der Waals surface area contributed by atoms with Crippen LogP contribution in [0.5, 0.6) is 5.75 Å². The summed E-state index contributed by atoms with van der Waals surface area (Å²) in [5.41, 5.74) is 2.65. The lowest BCUT2D eigenvalue weighted by Crippen LogP contribution is -2.27. The molecule has 0 unspecified atom stereocenters. The third kappa shape index (κ3) is 2.35. The van der Waals surface area contributed by atoms with Crippen LogP contribution in [0, 0.1) is 0 Å². The zero-order valence-corrected chi connectivity index (χ0v) is 11.6. The molecule has 0 bridgehead atoms. The van der Waals surface area contributed by atoms with Gasteiger partial charge in [-0.1, -0.05) is 12.1 Å². The molecule has 1 fully saturated rings. The van der Waals surface area contributed by atoms with Crippen molar-refractivity contribution in [3.05, 3.63) is 29.3 Å². The predicted molar refractivity (Wildman–Crippen MR) is 73.6 cm³/mol. The minimum atomic E-state index is 0. The lowest BCUT2D eigenvalue weighted by Gasteiger charge is -2.29. The second kappa shape index (κ2) is 5.47. The van der Waals surface area contributed by atoms with Gasteiger partial charge in [0.25, 0.3) is 0 Å². The Bertz CT molecular complexity index is 422. The summed E-state index contributed by atoms with van der Waals surface area (Å²) in [5, 5.41) is 3.40. The number of nitrogens with one attached hydrogen (secondary N) is 1. The van der Waals surface area contributed by atoms with Crippen LogP contribution in [-0.2, 0) is 11.3 Å². The Morgan fingerprint density at radius 1 is 1.33 bits per heavy atom. The first kappa shape index (κ1) is 13.7. The highest BCUT2D eigenvalue weighted by atomic mass is 35.5. The minimum Gasteiger partial charge on any atom is -0.491 e. The predicted octanol–water partition coefficient (Wildman–Crippen LogP) is 2.48. The topological polar surface area (TPSA) is 30.5 Å². The molecular formula is C14H20ClNO2. The maximum atomic E-state index is 5.91. The Hall–Kier alpha value is -0.770. The van der Waals surface area contributed by atoms with Gasteiger partial charge in [0.2, 0.25) is 0 Å². The summed E-state index contributed by atoms with van der Waals surface area (Å²) < 4.78 is 11.8. The lowest BCUT2D eigenvalue weighted by atomic mass is 9.89. The molecule has 4 heteroatoms. The number of ether oxygens (including phenoxy) is 2. The molecule has 18 heavy (non-hydrogen) atoms. The first-order valence-electron chi connectivity index (χ1n) is 6.36. The van der Waals surface area contributed by atoms with E-state index in [9.17, 15) is 0 Å². The second-order valence-corrected chi connectivity index (χ2v) is 5.10. The van der Waals surface area contributed by atoms with Crippen molar-refractivity contribution >= 4 is 12.4 Å². The van der Waals surface area contributed by atoms with Gasteiger partial charge in [0, 0.05) is 24.6 Å². The van der Waals surface area contributed by atoms with Crippen LogP contribution in [0.2, 0.25) is 0 Å². The molecule has 2 atom stereocenters. The number of fused-ring (bicyclic) bond motifs is 3. The van der Waals surface area contributed by atoms with E-state index in [0.29, 0.717) is 18.6 Å². The van der Waals surface area contributed by atoms with Crippen LogP contribution >= 0.6 is 12.4 Å². The standard InChI is InChI=1S/C14H19NO2.ClH/c1-9(2)17-13-5-3-4-10-11-6-15-7-14(11)16-8-12(10)13;/h3-5,9,11,14-15H,6-8H2,1-2H3;1H/t11-,14-;/m0./s1. The van der Waals surface area contributed by atoms with E-state index < -0.39 is 0 Å². The van der Waals surface area contributed by atoms with Gasteiger partial charge in [-0.25, -0.2) is 0 Å². The Morgan fingerprint density at radius 3 is 2.94 bits per heavy atom. The van der Waals surface area contributed by atoms with Crippen LogP contribution in [0.3, 0.4) is 0 Å². The van der Waals surface area contributed by atoms with Crippen LogP contribution in [0.25, 0.3) is 0 Å². The van der Waals surface area contributed by atoms with Crippen molar-refractivity contribution in [3.63, 3.8) is 0 Å². The zero-order valence-electron chi connectivity index (χ0n) is 10.8. The molecule has 0 radical (unpaired) electrons. The number of hydrogen-bond donors (Lipinski definition) is 1. The fraction of sp³-hybridized carbons (Fsp3) is 0.571. The normalized spacial score (nSPS) is 25.3. The van der Waals surface area contributed by atoms with E-state index in [1.54, 1.807) is 0 Å². The molecule has 3 nitrogen and oxygen atoms in total. The fourth-order valence-corrected chi connectivity index (χ4v) is 2.78. The molecule has 3 rings (SSSR count). The molecule has 2 aliphatic rings. The van der Waals surface area contributed by atoms with Gasteiger partial charge in [-0.05, 0) is 25.5 Å². The number of benzene rings is 1. The summed E-state index contributed by atoms with van der Waals surface area (Å²) in [6.45, 7) is 6.79. The van der Waals surface area contributed by atoms with Crippen molar-refractivity contribution in [2.45, 2.75) is 38.6 Å². The van der Waals surface area contributed by atoms with Gasteiger partial charge in [-0.15, -0.1) is 12.4 Å². The molecule has 0 aromatic heterocycles. The average Bonchev–Trinajstić information content (AvgIpc) is 2.76. The molecule has 2 aliphatic heterocycles. The molecule has 1 saturated heterocycles. The number of hydrogen-bond acceptors (Lipinski definition) is 3. The van der Waals surface area contributed by atoms with Crippen LogP contribution < -0.4 is 10.1 Å². The molecule has 100 valence electrons.